The van der Waals surface area contributed by atoms with Crippen LogP contribution >= 0.6 is 0 Å². The minimum Gasteiger partial charge on any atom is -0.493 e. The third-order valence-corrected chi connectivity index (χ3v) is 4.97. The Morgan fingerprint density at radius 2 is 1.22 bits per heavy atom. The molecule has 27 heavy (non-hydrogen) atoms. The Balaban J connectivity index is 2.13. The molecule has 0 radical (unpaired) electrons. The fraction of sp³-hybridized carbons (Fsp3) is 0.364. The van der Waals surface area contributed by atoms with Gasteiger partial charge in [0.25, 0.3) is 0 Å². The Morgan fingerprint density at radius 1 is 0.704 bits per heavy atom. The summed E-state index contributed by atoms with van der Waals surface area (Å²) in [5.74, 6) is 2.96. The third kappa shape index (κ3) is 3.82. The SMILES string of the molecule is COc1cc2c(cc1OC)CCCN(C)c1cc(OC)c(OC)cc1/C=C\2. The molecule has 144 valence electrons. The molecule has 5 nitrogen and oxygen atoms in total. The van der Waals surface area contributed by atoms with Gasteiger partial charge in [0.2, 0.25) is 0 Å². The number of hydrogen-bond donors (Lipinski definition) is 0. The Hall–Kier alpha value is -2.82. The summed E-state index contributed by atoms with van der Waals surface area (Å²) >= 11 is 0. The van der Waals surface area contributed by atoms with Crippen molar-refractivity contribution in [3.8, 4) is 23.0 Å². The van der Waals surface area contributed by atoms with E-state index in [1.54, 1.807) is 28.4 Å². The molecule has 5 heteroatoms. The van der Waals surface area contributed by atoms with E-state index in [0.717, 1.165) is 59.2 Å². The Labute approximate surface area is 161 Å². The molecular weight excluding hydrogens is 342 g/mol. The molecule has 0 saturated heterocycles. The predicted molar refractivity (Wildman–Crippen MR) is 110 cm³/mol. The average molecular weight is 369 g/mol. The van der Waals surface area contributed by atoms with E-state index in [9.17, 15) is 0 Å². The maximum absolute atomic E-state index is 5.49. The van der Waals surface area contributed by atoms with Crippen LogP contribution in [0.2, 0.25) is 0 Å². The van der Waals surface area contributed by atoms with Gasteiger partial charge in [-0.1, -0.05) is 12.2 Å². The van der Waals surface area contributed by atoms with Gasteiger partial charge >= 0.3 is 0 Å². The second-order valence-corrected chi connectivity index (χ2v) is 6.53. The van der Waals surface area contributed by atoms with E-state index >= 15 is 0 Å². The summed E-state index contributed by atoms with van der Waals surface area (Å²) in [5, 5.41) is 0. The van der Waals surface area contributed by atoms with Gasteiger partial charge in [-0.05, 0) is 42.2 Å². The number of fused-ring (bicyclic) bond motifs is 2. The van der Waals surface area contributed by atoms with Crippen molar-refractivity contribution in [2.24, 2.45) is 0 Å². The van der Waals surface area contributed by atoms with Gasteiger partial charge in [-0.3, -0.25) is 0 Å². The standard InChI is InChI=1S/C22H27NO4/c1-23-10-6-7-15-11-19(24-2)20(25-3)12-16(15)8-9-17-13-21(26-4)22(27-5)14-18(17)23/h8-9,11-14H,6-7,10H2,1-5H3/b9-8-. The zero-order chi connectivity index (χ0) is 19.4. The van der Waals surface area contributed by atoms with E-state index in [1.807, 2.05) is 18.2 Å². The summed E-state index contributed by atoms with van der Waals surface area (Å²) in [6.45, 7) is 0.935. The largest absolute Gasteiger partial charge is 0.493 e. The maximum Gasteiger partial charge on any atom is 0.162 e. The van der Waals surface area contributed by atoms with Gasteiger partial charge in [0.05, 0.1) is 28.4 Å². The number of anilines is 1. The molecule has 0 aromatic heterocycles. The summed E-state index contributed by atoms with van der Waals surface area (Å²) in [5.41, 5.74) is 4.59. The van der Waals surface area contributed by atoms with E-state index in [-0.39, 0.29) is 0 Å². The lowest BCUT2D eigenvalue weighted by atomic mass is 9.98. The van der Waals surface area contributed by atoms with Crippen molar-refractivity contribution in [2.75, 3.05) is 46.9 Å². The summed E-state index contributed by atoms with van der Waals surface area (Å²) in [6.07, 6.45) is 6.23. The van der Waals surface area contributed by atoms with Crippen LogP contribution in [0.3, 0.4) is 0 Å². The van der Waals surface area contributed by atoms with Gasteiger partial charge in [0.1, 0.15) is 0 Å². The highest BCUT2D eigenvalue weighted by Crippen LogP contribution is 2.37. The molecule has 0 fully saturated rings. The second-order valence-electron chi connectivity index (χ2n) is 6.53. The summed E-state index contributed by atoms with van der Waals surface area (Å²) in [4.78, 5) is 2.26. The fourth-order valence-corrected chi connectivity index (χ4v) is 3.46. The summed E-state index contributed by atoms with van der Waals surface area (Å²) in [6, 6.07) is 8.17. The lowest BCUT2D eigenvalue weighted by molar-refractivity contribution is 0.354. The first kappa shape index (κ1) is 19.0. The highest BCUT2D eigenvalue weighted by atomic mass is 16.5. The number of benzene rings is 2. The van der Waals surface area contributed by atoms with E-state index in [0.29, 0.717) is 0 Å². The zero-order valence-electron chi connectivity index (χ0n) is 16.7. The molecular formula is C22H27NO4. The monoisotopic (exact) mass is 369 g/mol. The molecule has 0 atom stereocenters. The summed E-state index contributed by atoms with van der Waals surface area (Å²) in [7, 11) is 8.76. The number of aryl methyl sites for hydroxylation is 1. The minimum atomic E-state index is 0.721. The van der Waals surface area contributed by atoms with Crippen LogP contribution in [0.25, 0.3) is 12.2 Å². The van der Waals surface area contributed by atoms with Crippen molar-refractivity contribution in [3.05, 3.63) is 41.0 Å². The topological polar surface area (TPSA) is 40.2 Å². The first-order valence-corrected chi connectivity index (χ1v) is 9.01. The predicted octanol–water partition coefficient (Wildman–Crippen LogP) is 4.27. The molecule has 0 N–H and O–H groups in total. The van der Waals surface area contributed by atoms with Crippen LogP contribution in [0.5, 0.6) is 23.0 Å². The lowest BCUT2D eigenvalue weighted by Gasteiger charge is -2.24. The van der Waals surface area contributed by atoms with Crippen molar-refractivity contribution in [1.29, 1.82) is 0 Å². The normalized spacial score (nSPS) is 14.6. The van der Waals surface area contributed by atoms with Crippen LogP contribution in [0.15, 0.2) is 24.3 Å². The van der Waals surface area contributed by atoms with E-state index in [4.69, 9.17) is 18.9 Å². The van der Waals surface area contributed by atoms with Gasteiger partial charge in [-0.25, -0.2) is 0 Å². The lowest BCUT2D eigenvalue weighted by Crippen LogP contribution is -2.20. The Morgan fingerprint density at radius 3 is 1.85 bits per heavy atom. The van der Waals surface area contributed by atoms with E-state index in [2.05, 4.69) is 30.2 Å². The summed E-state index contributed by atoms with van der Waals surface area (Å²) < 4.78 is 21.9. The van der Waals surface area contributed by atoms with Gasteiger partial charge in [0.15, 0.2) is 23.0 Å². The van der Waals surface area contributed by atoms with Gasteiger partial charge in [-0.2, -0.15) is 0 Å². The van der Waals surface area contributed by atoms with Crippen LogP contribution in [0.1, 0.15) is 23.1 Å². The van der Waals surface area contributed by atoms with Crippen LogP contribution < -0.4 is 23.8 Å². The number of ether oxygens (including phenoxy) is 4. The van der Waals surface area contributed by atoms with Crippen molar-refractivity contribution in [2.45, 2.75) is 12.8 Å². The number of methoxy groups -OCH3 is 4. The number of hydrogen-bond acceptors (Lipinski definition) is 5. The molecule has 0 aliphatic carbocycles. The number of rotatable bonds is 4. The molecule has 3 rings (SSSR count). The van der Waals surface area contributed by atoms with Crippen molar-refractivity contribution in [1.82, 2.24) is 0 Å². The molecule has 0 bridgehead atoms. The van der Waals surface area contributed by atoms with Gasteiger partial charge in [0, 0.05) is 30.9 Å². The maximum atomic E-state index is 5.49. The molecule has 1 heterocycles. The molecule has 0 spiro atoms. The first-order chi connectivity index (χ1) is 13.1. The highest BCUT2D eigenvalue weighted by Gasteiger charge is 2.16. The van der Waals surface area contributed by atoms with E-state index in [1.165, 1.54) is 5.56 Å². The molecule has 2 aromatic carbocycles. The van der Waals surface area contributed by atoms with Gasteiger partial charge in [-0.15, -0.1) is 0 Å². The molecule has 2 aromatic rings. The molecule has 1 aliphatic heterocycles. The quantitative estimate of drug-likeness (QED) is 0.805. The van der Waals surface area contributed by atoms with Crippen LogP contribution in [-0.2, 0) is 6.42 Å². The smallest absolute Gasteiger partial charge is 0.162 e. The zero-order valence-corrected chi connectivity index (χ0v) is 16.7. The molecule has 0 saturated carbocycles. The van der Waals surface area contributed by atoms with Crippen LogP contribution in [0.4, 0.5) is 5.69 Å². The van der Waals surface area contributed by atoms with Crippen LogP contribution in [0, 0.1) is 0 Å². The van der Waals surface area contributed by atoms with Crippen LogP contribution in [-0.4, -0.2) is 42.0 Å². The van der Waals surface area contributed by atoms with E-state index < -0.39 is 0 Å². The second kappa shape index (κ2) is 8.25. The van der Waals surface area contributed by atoms with Crippen molar-refractivity contribution in [3.63, 3.8) is 0 Å². The van der Waals surface area contributed by atoms with Crippen molar-refractivity contribution < 1.29 is 18.9 Å². The third-order valence-electron chi connectivity index (χ3n) is 4.97. The van der Waals surface area contributed by atoms with Gasteiger partial charge < -0.3 is 23.8 Å². The Kier molecular flexibility index (Phi) is 5.79. The van der Waals surface area contributed by atoms with Crippen molar-refractivity contribution >= 4 is 17.8 Å². The molecule has 1 aliphatic rings. The minimum absolute atomic E-state index is 0.721. The average Bonchev–Trinajstić information content (AvgIpc) is 2.70. The first-order valence-electron chi connectivity index (χ1n) is 9.01. The molecule has 0 amide bonds. The highest BCUT2D eigenvalue weighted by molar-refractivity contribution is 5.81. The molecule has 0 unspecified atom stereocenters. The fourth-order valence-electron chi connectivity index (χ4n) is 3.46. The number of nitrogens with zero attached hydrogens (tertiary/aromatic N) is 1. The Bertz CT molecular complexity index is 845.